The summed E-state index contributed by atoms with van der Waals surface area (Å²) >= 11 is 0. The molecule has 4 heteroatoms. The molecule has 2 N–H and O–H groups in total. The highest BCUT2D eigenvalue weighted by Crippen LogP contribution is 2.19. The Kier molecular flexibility index (Phi) is 5.09. The first-order chi connectivity index (χ1) is 9.74. The van der Waals surface area contributed by atoms with Crippen LogP contribution in [0.4, 0.5) is 4.39 Å². The molecule has 0 aliphatic heterocycles. The van der Waals surface area contributed by atoms with E-state index in [0.717, 1.165) is 11.1 Å². The van der Waals surface area contributed by atoms with Crippen LogP contribution in [-0.4, -0.2) is 12.2 Å². The van der Waals surface area contributed by atoms with E-state index in [0.29, 0.717) is 18.7 Å². The second-order valence-electron chi connectivity index (χ2n) is 4.51. The first kappa shape index (κ1) is 14.5. The standard InChI is InChI=1S/C16H18FNO2/c1-20-15-7-3-6-14(16(15)17)10-18-9-12-4-2-5-13(8-12)11-19/h2-8,18-19H,9-11H2,1H3. The van der Waals surface area contributed by atoms with Gasteiger partial charge in [-0.15, -0.1) is 0 Å². The van der Waals surface area contributed by atoms with Gasteiger partial charge in [0.05, 0.1) is 13.7 Å². The van der Waals surface area contributed by atoms with E-state index in [9.17, 15) is 4.39 Å². The van der Waals surface area contributed by atoms with Gasteiger partial charge in [-0.3, -0.25) is 0 Å². The first-order valence-electron chi connectivity index (χ1n) is 6.45. The Morgan fingerprint density at radius 2 is 1.85 bits per heavy atom. The van der Waals surface area contributed by atoms with Gasteiger partial charge in [-0.05, 0) is 17.2 Å². The van der Waals surface area contributed by atoms with E-state index < -0.39 is 0 Å². The molecule has 0 fully saturated rings. The fourth-order valence-electron chi connectivity index (χ4n) is 2.03. The van der Waals surface area contributed by atoms with Gasteiger partial charge in [0.25, 0.3) is 0 Å². The Morgan fingerprint density at radius 1 is 1.10 bits per heavy atom. The highest BCUT2D eigenvalue weighted by molar-refractivity contribution is 5.31. The molecule has 106 valence electrons. The van der Waals surface area contributed by atoms with E-state index in [1.807, 2.05) is 24.3 Å². The third kappa shape index (κ3) is 3.56. The third-order valence-corrected chi connectivity index (χ3v) is 3.08. The Bertz CT molecular complexity index is 572. The van der Waals surface area contributed by atoms with Crippen LogP contribution < -0.4 is 10.1 Å². The molecule has 0 saturated heterocycles. The van der Waals surface area contributed by atoms with Gasteiger partial charge in [0.1, 0.15) is 0 Å². The molecule has 2 aromatic carbocycles. The largest absolute Gasteiger partial charge is 0.494 e. The van der Waals surface area contributed by atoms with Crippen LogP contribution in [0, 0.1) is 5.82 Å². The summed E-state index contributed by atoms with van der Waals surface area (Å²) in [4.78, 5) is 0. The van der Waals surface area contributed by atoms with Crippen LogP contribution in [0.5, 0.6) is 5.75 Å². The molecule has 2 rings (SSSR count). The molecule has 0 radical (unpaired) electrons. The lowest BCUT2D eigenvalue weighted by atomic mass is 10.1. The van der Waals surface area contributed by atoms with Crippen molar-refractivity contribution >= 4 is 0 Å². The minimum atomic E-state index is -0.327. The number of rotatable bonds is 6. The Labute approximate surface area is 118 Å². The zero-order valence-corrected chi connectivity index (χ0v) is 11.4. The molecular formula is C16H18FNO2. The van der Waals surface area contributed by atoms with E-state index in [-0.39, 0.29) is 18.2 Å². The summed E-state index contributed by atoms with van der Waals surface area (Å²) in [5.74, 6) is -0.0711. The maximum Gasteiger partial charge on any atom is 0.169 e. The smallest absolute Gasteiger partial charge is 0.169 e. The van der Waals surface area contributed by atoms with Crippen molar-refractivity contribution in [2.45, 2.75) is 19.7 Å². The number of methoxy groups -OCH3 is 1. The molecular weight excluding hydrogens is 257 g/mol. The highest BCUT2D eigenvalue weighted by atomic mass is 19.1. The van der Waals surface area contributed by atoms with Gasteiger partial charge in [0.15, 0.2) is 11.6 Å². The quantitative estimate of drug-likeness (QED) is 0.851. The van der Waals surface area contributed by atoms with Crippen LogP contribution in [-0.2, 0) is 19.7 Å². The zero-order valence-electron chi connectivity index (χ0n) is 11.4. The Morgan fingerprint density at radius 3 is 2.60 bits per heavy atom. The maximum absolute atomic E-state index is 13.9. The summed E-state index contributed by atoms with van der Waals surface area (Å²) in [6.45, 7) is 1.06. The Hall–Kier alpha value is -1.91. The average Bonchev–Trinajstić information content (AvgIpc) is 2.49. The number of hydrogen-bond acceptors (Lipinski definition) is 3. The number of aliphatic hydroxyl groups is 1. The van der Waals surface area contributed by atoms with Crippen LogP contribution in [0.1, 0.15) is 16.7 Å². The summed E-state index contributed by atoms with van der Waals surface area (Å²) in [6, 6.07) is 12.8. The van der Waals surface area contributed by atoms with Crippen molar-refractivity contribution in [2.75, 3.05) is 7.11 Å². The minimum Gasteiger partial charge on any atom is -0.494 e. The number of hydrogen-bond donors (Lipinski definition) is 2. The van der Waals surface area contributed by atoms with Crippen molar-refractivity contribution < 1.29 is 14.2 Å². The van der Waals surface area contributed by atoms with Crippen LogP contribution in [0.3, 0.4) is 0 Å². The SMILES string of the molecule is COc1cccc(CNCc2cccc(CO)c2)c1F. The van der Waals surface area contributed by atoms with E-state index in [1.54, 1.807) is 18.2 Å². The highest BCUT2D eigenvalue weighted by Gasteiger charge is 2.07. The van der Waals surface area contributed by atoms with Crippen LogP contribution >= 0.6 is 0 Å². The molecule has 0 aliphatic rings. The number of nitrogens with one attached hydrogen (secondary N) is 1. The molecule has 0 atom stereocenters. The summed E-state index contributed by atoms with van der Waals surface area (Å²) in [5.41, 5.74) is 2.50. The molecule has 0 saturated carbocycles. The van der Waals surface area contributed by atoms with Crippen molar-refractivity contribution in [3.63, 3.8) is 0 Å². The lowest BCUT2D eigenvalue weighted by Gasteiger charge is -2.09. The summed E-state index contributed by atoms with van der Waals surface area (Å²) < 4.78 is 18.9. The predicted octanol–water partition coefficient (Wildman–Crippen LogP) is 2.62. The molecule has 0 aliphatic carbocycles. The van der Waals surface area contributed by atoms with Crippen LogP contribution in [0.25, 0.3) is 0 Å². The van der Waals surface area contributed by atoms with E-state index in [2.05, 4.69) is 5.32 Å². The summed E-state index contributed by atoms with van der Waals surface area (Å²) in [5, 5.41) is 12.3. The molecule has 3 nitrogen and oxygen atoms in total. The minimum absolute atomic E-state index is 0.0261. The summed E-state index contributed by atoms with van der Waals surface area (Å²) in [6.07, 6.45) is 0. The fourth-order valence-corrected chi connectivity index (χ4v) is 2.03. The molecule has 2 aromatic rings. The molecule has 0 bridgehead atoms. The zero-order chi connectivity index (χ0) is 14.4. The predicted molar refractivity (Wildman–Crippen MR) is 75.9 cm³/mol. The normalized spacial score (nSPS) is 10.6. The second kappa shape index (κ2) is 7.03. The summed E-state index contributed by atoms with van der Waals surface area (Å²) in [7, 11) is 1.45. The average molecular weight is 275 g/mol. The molecule has 0 spiro atoms. The van der Waals surface area contributed by atoms with Gasteiger partial charge < -0.3 is 15.2 Å². The monoisotopic (exact) mass is 275 g/mol. The van der Waals surface area contributed by atoms with Crippen LogP contribution in [0.2, 0.25) is 0 Å². The second-order valence-corrected chi connectivity index (χ2v) is 4.51. The van der Waals surface area contributed by atoms with Crippen LogP contribution in [0.15, 0.2) is 42.5 Å². The van der Waals surface area contributed by atoms with Crippen molar-refractivity contribution in [2.24, 2.45) is 0 Å². The molecule has 0 unspecified atom stereocenters. The lowest BCUT2D eigenvalue weighted by Crippen LogP contribution is -2.14. The van der Waals surface area contributed by atoms with Crippen molar-refractivity contribution in [1.82, 2.24) is 5.32 Å². The van der Waals surface area contributed by atoms with Gasteiger partial charge in [0, 0.05) is 18.7 Å². The molecule has 0 amide bonds. The van der Waals surface area contributed by atoms with Gasteiger partial charge in [0.2, 0.25) is 0 Å². The molecule has 0 heterocycles. The van der Waals surface area contributed by atoms with Gasteiger partial charge in [-0.25, -0.2) is 4.39 Å². The van der Waals surface area contributed by atoms with Gasteiger partial charge in [-0.1, -0.05) is 36.4 Å². The number of ether oxygens (including phenoxy) is 1. The van der Waals surface area contributed by atoms with E-state index in [1.165, 1.54) is 7.11 Å². The van der Waals surface area contributed by atoms with E-state index in [4.69, 9.17) is 9.84 Å². The van der Waals surface area contributed by atoms with Gasteiger partial charge in [-0.2, -0.15) is 0 Å². The lowest BCUT2D eigenvalue weighted by molar-refractivity contribution is 0.281. The topological polar surface area (TPSA) is 41.5 Å². The first-order valence-corrected chi connectivity index (χ1v) is 6.45. The molecule has 20 heavy (non-hydrogen) atoms. The fraction of sp³-hybridized carbons (Fsp3) is 0.250. The number of aliphatic hydroxyl groups excluding tert-OH is 1. The molecule has 0 aromatic heterocycles. The van der Waals surface area contributed by atoms with E-state index >= 15 is 0 Å². The maximum atomic E-state index is 13.9. The van der Waals surface area contributed by atoms with Crippen molar-refractivity contribution in [3.8, 4) is 5.75 Å². The van der Waals surface area contributed by atoms with Crippen molar-refractivity contribution in [3.05, 3.63) is 65.0 Å². The van der Waals surface area contributed by atoms with Crippen molar-refractivity contribution in [1.29, 1.82) is 0 Å². The number of benzene rings is 2. The number of halogens is 1. The van der Waals surface area contributed by atoms with Gasteiger partial charge >= 0.3 is 0 Å². The Balaban J connectivity index is 1.96. The third-order valence-electron chi connectivity index (χ3n) is 3.08.